The van der Waals surface area contributed by atoms with Gasteiger partial charge in [-0.3, -0.25) is 0 Å². The molecule has 2 aromatic rings. The molecule has 0 saturated carbocycles. The van der Waals surface area contributed by atoms with Crippen molar-refractivity contribution in [2.75, 3.05) is 0 Å². The first-order valence-electron chi connectivity index (χ1n) is 12.7. The maximum absolute atomic E-state index is 10.4. The Hall–Kier alpha value is 0.320. The van der Waals surface area contributed by atoms with Crippen molar-refractivity contribution in [2.45, 2.75) is 79.6 Å². The molecule has 0 fully saturated rings. The van der Waals surface area contributed by atoms with Crippen LogP contribution in [0.1, 0.15) is 77.8 Å². The van der Waals surface area contributed by atoms with Crippen LogP contribution in [0.15, 0.2) is 60.7 Å². The van der Waals surface area contributed by atoms with Gasteiger partial charge >= 0.3 is 118 Å². The minimum atomic E-state index is -0.987. The molecule has 0 N–H and O–H groups in total. The predicted octanol–water partition coefficient (Wildman–Crippen LogP) is -10.9. The first kappa shape index (κ1) is 54.8. The quantitative estimate of drug-likeness (QED) is 0.224. The Morgan fingerprint density at radius 1 is 0.690 bits per heavy atom. The average molecular weight is 621 g/mol. The molecule has 8 nitrogen and oxygen atoms in total. The van der Waals surface area contributed by atoms with Gasteiger partial charge in [-0.05, 0) is 55.6 Å². The van der Waals surface area contributed by atoms with Gasteiger partial charge in [-0.25, -0.2) is 0 Å². The van der Waals surface area contributed by atoms with Gasteiger partial charge in [0.25, 0.3) is 0 Å². The summed E-state index contributed by atoms with van der Waals surface area (Å²) in [5.74, 6) is -4.30. The second-order valence-corrected chi connectivity index (χ2v) is 9.27. The summed E-state index contributed by atoms with van der Waals surface area (Å²) in [5, 5.41) is 40.1. The SMILES string of the molecule is CC(Cc1ccccc1)C(=O)[O-].CCC(C)(C)C(=O)[O-].CCCC(=O)[O-].O=C([O-])CCCc1ccccc1.[Na+].[Na+].[Na+].[Na+]. The fourth-order valence-corrected chi connectivity index (χ4v) is 2.48. The fraction of sp³-hybridized carbons (Fsp3) is 0.467. The van der Waals surface area contributed by atoms with Gasteiger partial charge in [0, 0.05) is 29.3 Å². The van der Waals surface area contributed by atoms with Crippen LogP contribution in [-0.4, -0.2) is 23.9 Å². The van der Waals surface area contributed by atoms with Gasteiger partial charge in [0.05, 0.1) is 0 Å². The third-order valence-electron chi connectivity index (χ3n) is 5.37. The number of carbonyl (C=O) groups is 4. The standard InChI is InChI=1S/2C10H12O2.C6H12O2.C4H8O2.4Na/c1-8(10(11)12)7-9-5-3-2-4-6-9;11-10(12)8-4-7-9-5-2-1-3-6-9;1-4-6(2,3)5(7)8;1-2-3-4(5)6;;;;/h2-6,8H,7H2,1H3,(H,11,12);1-3,5-6H,4,7-8H2,(H,11,12);4H2,1-3H3,(H,7,8);2-3H2,1H3,(H,5,6);;;;/q;;;;4*+1/p-4. The largest absolute Gasteiger partial charge is 1.00 e. The van der Waals surface area contributed by atoms with Crippen LogP contribution in [0.5, 0.6) is 0 Å². The van der Waals surface area contributed by atoms with Gasteiger partial charge < -0.3 is 39.6 Å². The molecule has 1 atom stereocenters. The van der Waals surface area contributed by atoms with Crippen molar-refractivity contribution >= 4 is 23.9 Å². The fourth-order valence-electron chi connectivity index (χ4n) is 2.48. The summed E-state index contributed by atoms with van der Waals surface area (Å²) in [6.45, 7) is 8.60. The monoisotopic (exact) mass is 620 g/mol. The van der Waals surface area contributed by atoms with E-state index in [2.05, 4.69) is 0 Å². The van der Waals surface area contributed by atoms with E-state index < -0.39 is 35.2 Å². The molecule has 1 unspecified atom stereocenters. The van der Waals surface area contributed by atoms with E-state index in [1.165, 1.54) is 5.56 Å². The molecule has 0 bridgehead atoms. The summed E-state index contributed by atoms with van der Waals surface area (Å²) < 4.78 is 0. The number of aryl methyl sites for hydroxylation is 1. The summed E-state index contributed by atoms with van der Waals surface area (Å²) in [4.78, 5) is 40.1. The van der Waals surface area contributed by atoms with Crippen molar-refractivity contribution in [3.63, 3.8) is 0 Å². The molecule has 0 radical (unpaired) electrons. The first-order valence-corrected chi connectivity index (χ1v) is 12.7. The molecule has 0 heterocycles. The van der Waals surface area contributed by atoms with Crippen molar-refractivity contribution in [3.8, 4) is 0 Å². The van der Waals surface area contributed by atoms with Crippen LogP contribution in [0.2, 0.25) is 0 Å². The zero-order valence-electron chi connectivity index (χ0n) is 27.1. The minimum Gasteiger partial charge on any atom is -0.550 e. The Kier molecular flexibility index (Phi) is 44.6. The van der Waals surface area contributed by atoms with Crippen LogP contribution in [0.4, 0.5) is 0 Å². The summed E-state index contributed by atoms with van der Waals surface area (Å²) >= 11 is 0. The zero-order valence-corrected chi connectivity index (χ0v) is 35.1. The summed E-state index contributed by atoms with van der Waals surface area (Å²) in [5.41, 5.74) is 1.56. The van der Waals surface area contributed by atoms with Gasteiger partial charge in [-0.2, -0.15) is 0 Å². The van der Waals surface area contributed by atoms with Crippen molar-refractivity contribution in [2.24, 2.45) is 11.3 Å². The van der Waals surface area contributed by atoms with Gasteiger partial charge in [-0.15, -0.1) is 0 Å². The normalized spacial score (nSPS) is 9.64. The number of carbonyl (C=O) groups excluding carboxylic acids is 4. The van der Waals surface area contributed by atoms with E-state index in [-0.39, 0.29) is 131 Å². The van der Waals surface area contributed by atoms with Crippen molar-refractivity contribution in [3.05, 3.63) is 71.8 Å². The topological polar surface area (TPSA) is 161 Å². The molecule has 0 saturated heterocycles. The first-order chi connectivity index (χ1) is 17.8. The van der Waals surface area contributed by atoms with E-state index >= 15 is 0 Å². The number of carboxylic acid groups (broad SMARTS) is 4. The number of carboxylic acids is 4. The van der Waals surface area contributed by atoms with Crippen LogP contribution in [0.3, 0.4) is 0 Å². The summed E-state index contributed by atoms with van der Waals surface area (Å²) in [6, 6.07) is 19.4. The van der Waals surface area contributed by atoms with Crippen LogP contribution in [-0.2, 0) is 32.0 Å². The van der Waals surface area contributed by atoms with Crippen molar-refractivity contribution < 1.29 is 158 Å². The molecule has 0 aliphatic heterocycles. The second-order valence-electron chi connectivity index (χ2n) is 9.27. The van der Waals surface area contributed by atoms with Gasteiger partial charge in [0.1, 0.15) is 0 Å². The Morgan fingerprint density at radius 2 is 1.10 bits per heavy atom. The number of hydrogen-bond acceptors (Lipinski definition) is 8. The molecular formula is C30H40Na4O8. The summed E-state index contributed by atoms with van der Waals surface area (Å²) in [7, 11) is 0. The van der Waals surface area contributed by atoms with Gasteiger partial charge in [0.2, 0.25) is 0 Å². The Balaban J connectivity index is -0.000000103. The molecule has 212 valence electrons. The number of rotatable bonds is 11. The van der Waals surface area contributed by atoms with Crippen LogP contribution >= 0.6 is 0 Å². The average Bonchev–Trinajstić information content (AvgIpc) is 2.86. The molecule has 0 aromatic heterocycles. The zero-order chi connectivity index (χ0) is 29.6. The molecule has 0 spiro atoms. The maximum atomic E-state index is 10.4. The number of benzene rings is 2. The molecule has 0 aliphatic rings. The molecule has 0 amide bonds. The molecule has 2 rings (SSSR count). The van der Waals surface area contributed by atoms with E-state index in [1.807, 2.05) is 67.6 Å². The smallest absolute Gasteiger partial charge is 0.550 e. The van der Waals surface area contributed by atoms with E-state index in [1.54, 1.807) is 27.7 Å². The Labute approximate surface area is 340 Å². The second kappa shape index (κ2) is 34.2. The van der Waals surface area contributed by atoms with Crippen molar-refractivity contribution in [1.82, 2.24) is 0 Å². The van der Waals surface area contributed by atoms with Crippen LogP contribution in [0, 0.1) is 11.3 Å². The van der Waals surface area contributed by atoms with E-state index in [9.17, 15) is 39.6 Å². The van der Waals surface area contributed by atoms with Crippen LogP contribution in [0.25, 0.3) is 0 Å². The summed E-state index contributed by atoms with van der Waals surface area (Å²) in [6.07, 6.45) is 3.64. The molecule has 12 heteroatoms. The van der Waals surface area contributed by atoms with E-state index in [4.69, 9.17) is 0 Å². The maximum Gasteiger partial charge on any atom is 1.00 e. The number of aliphatic carboxylic acids is 4. The van der Waals surface area contributed by atoms with Crippen molar-refractivity contribution in [1.29, 1.82) is 0 Å². The molecule has 2 aromatic carbocycles. The number of hydrogen-bond donors (Lipinski definition) is 0. The minimum absolute atomic E-state index is 0. The van der Waals surface area contributed by atoms with Gasteiger partial charge in [0.15, 0.2) is 0 Å². The molecule has 0 aliphatic carbocycles. The van der Waals surface area contributed by atoms with Crippen LogP contribution < -0.4 is 139 Å². The Bertz CT molecular complexity index is 943. The predicted molar refractivity (Wildman–Crippen MR) is 138 cm³/mol. The third kappa shape index (κ3) is 34.8. The van der Waals surface area contributed by atoms with E-state index in [0.717, 1.165) is 12.0 Å². The molecule has 42 heavy (non-hydrogen) atoms. The molecular weight excluding hydrogens is 580 g/mol. The Morgan fingerprint density at radius 3 is 1.36 bits per heavy atom. The van der Waals surface area contributed by atoms with Gasteiger partial charge in [-0.1, -0.05) is 102 Å². The van der Waals surface area contributed by atoms with E-state index in [0.29, 0.717) is 25.7 Å². The third-order valence-corrected chi connectivity index (χ3v) is 5.37.